The summed E-state index contributed by atoms with van der Waals surface area (Å²) in [6.45, 7) is 0. The molecule has 0 spiro atoms. The Hall–Kier alpha value is -4.85. The summed E-state index contributed by atoms with van der Waals surface area (Å²) in [5, 5.41) is 25.6. The third kappa shape index (κ3) is 5.56. The van der Waals surface area contributed by atoms with Crippen molar-refractivity contribution < 1.29 is 19.5 Å². The number of hydrogen-bond donors (Lipinski definition) is 1. The number of benzene rings is 3. The standard InChI is InChI=1S/C27H23N3O5/c1-34-25-5-3-4-19(16-25)6-9-21-18-24(10-7-20-8-15-26(31)27(17-20)35-2)29(28-21)22-11-13-23(14-12-22)30(32)33/h3-18,31H,1-2H3/b9-6+,10-7+. The number of nitrogens with zero attached hydrogens (tertiary/aromatic N) is 3. The number of nitro groups is 1. The first-order valence-corrected chi connectivity index (χ1v) is 10.7. The predicted molar refractivity (Wildman–Crippen MR) is 136 cm³/mol. The van der Waals surface area contributed by atoms with Crippen molar-refractivity contribution in [3.8, 4) is 22.9 Å². The van der Waals surface area contributed by atoms with E-state index in [0.717, 1.165) is 22.6 Å². The van der Waals surface area contributed by atoms with Gasteiger partial charge in [0, 0.05) is 12.1 Å². The molecule has 1 heterocycles. The van der Waals surface area contributed by atoms with Crippen LogP contribution < -0.4 is 9.47 Å². The van der Waals surface area contributed by atoms with Crippen molar-refractivity contribution in [1.82, 2.24) is 9.78 Å². The molecular weight excluding hydrogens is 446 g/mol. The van der Waals surface area contributed by atoms with Gasteiger partial charge in [0.25, 0.3) is 5.69 Å². The number of aromatic hydroxyl groups is 1. The molecule has 0 saturated carbocycles. The molecule has 176 valence electrons. The van der Waals surface area contributed by atoms with Crippen LogP contribution in [0.25, 0.3) is 30.0 Å². The zero-order valence-electron chi connectivity index (χ0n) is 19.2. The molecule has 3 aromatic carbocycles. The molecule has 0 radical (unpaired) electrons. The number of methoxy groups -OCH3 is 2. The monoisotopic (exact) mass is 469 g/mol. The average Bonchev–Trinajstić information content (AvgIpc) is 3.30. The molecule has 0 atom stereocenters. The number of phenols is 1. The van der Waals surface area contributed by atoms with Crippen LogP contribution >= 0.6 is 0 Å². The van der Waals surface area contributed by atoms with Crippen LogP contribution in [0.15, 0.2) is 72.8 Å². The van der Waals surface area contributed by atoms with E-state index in [1.807, 2.05) is 54.6 Å². The summed E-state index contributed by atoms with van der Waals surface area (Å²) < 4.78 is 12.2. The first-order valence-electron chi connectivity index (χ1n) is 10.7. The number of rotatable bonds is 8. The second-order valence-electron chi connectivity index (χ2n) is 7.55. The summed E-state index contributed by atoms with van der Waals surface area (Å²) in [5.41, 5.74) is 3.93. The number of phenolic OH excluding ortho intramolecular Hbond substituents is 1. The highest BCUT2D eigenvalue weighted by Gasteiger charge is 2.10. The number of nitro benzene ring substituents is 1. The van der Waals surface area contributed by atoms with E-state index in [-0.39, 0.29) is 11.4 Å². The van der Waals surface area contributed by atoms with Crippen molar-refractivity contribution in [2.24, 2.45) is 0 Å². The van der Waals surface area contributed by atoms with Gasteiger partial charge in [0.2, 0.25) is 0 Å². The van der Waals surface area contributed by atoms with Gasteiger partial charge in [0.05, 0.1) is 36.2 Å². The average molecular weight is 469 g/mol. The van der Waals surface area contributed by atoms with E-state index >= 15 is 0 Å². The van der Waals surface area contributed by atoms with Crippen LogP contribution in [-0.2, 0) is 0 Å². The van der Waals surface area contributed by atoms with Gasteiger partial charge in [0.15, 0.2) is 11.5 Å². The highest BCUT2D eigenvalue weighted by atomic mass is 16.6. The van der Waals surface area contributed by atoms with Crippen molar-refractivity contribution in [1.29, 1.82) is 0 Å². The Bertz CT molecular complexity index is 1400. The fourth-order valence-electron chi connectivity index (χ4n) is 3.44. The molecule has 0 aliphatic carbocycles. The summed E-state index contributed by atoms with van der Waals surface area (Å²) in [6, 6.07) is 20.8. The number of hydrogen-bond acceptors (Lipinski definition) is 6. The Kier molecular flexibility index (Phi) is 6.92. The van der Waals surface area contributed by atoms with E-state index in [9.17, 15) is 15.2 Å². The molecule has 1 aromatic heterocycles. The molecule has 8 heteroatoms. The van der Waals surface area contributed by atoms with Crippen LogP contribution in [0.5, 0.6) is 17.2 Å². The molecule has 0 unspecified atom stereocenters. The van der Waals surface area contributed by atoms with E-state index in [1.165, 1.54) is 19.2 Å². The Balaban J connectivity index is 1.70. The van der Waals surface area contributed by atoms with E-state index < -0.39 is 4.92 Å². The van der Waals surface area contributed by atoms with Gasteiger partial charge in [-0.1, -0.05) is 30.4 Å². The van der Waals surface area contributed by atoms with Crippen LogP contribution in [0.3, 0.4) is 0 Å². The van der Waals surface area contributed by atoms with Crippen molar-refractivity contribution in [2.45, 2.75) is 0 Å². The minimum atomic E-state index is -0.436. The lowest BCUT2D eigenvalue weighted by Gasteiger charge is -2.05. The smallest absolute Gasteiger partial charge is 0.269 e. The van der Waals surface area contributed by atoms with E-state index in [4.69, 9.17) is 9.47 Å². The highest BCUT2D eigenvalue weighted by Crippen LogP contribution is 2.27. The Labute approximate surface area is 202 Å². The molecule has 0 bridgehead atoms. The molecule has 8 nitrogen and oxygen atoms in total. The van der Waals surface area contributed by atoms with Crippen molar-refractivity contribution in [2.75, 3.05) is 14.2 Å². The summed E-state index contributed by atoms with van der Waals surface area (Å²) in [5.74, 6) is 1.19. The second kappa shape index (κ2) is 10.4. The minimum absolute atomic E-state index is 0.00679. The highest BCUT2D eigenvalue weighted by molar-refractivity contribution is 5.74. The fraction of sp³-hybridized carbons (Fsp3) is 0.0741. The lowest BCUT2D eigenvalue weighted by Crippen LogP contribution is -1.99. The molecule has 0 amide bonds. The summed E-state index contributed by atoms with van der Waals surface area (Å²) in [6.07, 6.45) is 7.57. The van der Waals surface area contributed by atoms with E-state index in [2.05, 4.69) is 5.10 Å². The molecule has 0 aliphatic rings. The summed E-state index contributed by atoms with van der Waals surface area (Å²) in [7, 11) is 3.12. The predicted octanol–water partition coefficient (Wildman–Crippen LogP) is 5.84. The van der Waals surface area contributed by atoms with Gasteiger partial charge in [-0.2, -0.15) is 5.10 Å². The topological polar surface area (TPSA) is 99.6 Å². The van der Waals surface area contributed by atoms with Crippen LogP contribution in [0.2, 0.25) is 0 Å². The third-order valence-electron chi connectivity index (χ3n) is 5.25. The summed E-state index contributed by atoms with van der Waals surface area (Å²) in [4.78, 5) is 10.6. The van der Waals surface area contributed by atoms with Gasteiger partial charge in [0.1, 0.15) is 5.75 Å². The van der Waals surface area contributed by atoms with Crippen LogP contribution in [0.4, 0.5) is 5.69 Å². The molecule has 0 aliphatic heterocycles. The normalized spacial score (nSPS) is 11.3. The molecule has 35 heavy (non-hydrogen) atoms. The fourth-order valence-corrected chi connectivity index (χ4v) is 3.44. The molecular formula is C27H23N3O5. The van der Waals surface area contributed by atoms with Crippen molar-refractivity contribution in [3.05, 3.63) is 105 Å². The second-order valence-corrected chi connectivity index (χ2v) is 7.55. The van der Waals surface area contributed by atoms with Crippen molar-refractivity contribution >= 4 is 30.0 Å². The molecule has 0 saturated heterocycles. The maximum Gasteiger partial charge on any atom is 0.269 e. The van der Waals surface area contributed by atoms with Gasteiger partial charge >= 0.3 is 0 Å². The van der Waals surface area contributed by atoms with Gasteiger partial charge in [-0.05, 0) is 65.7 Å². The first-order chi connectivity index (χ1) is 17.0. The number of non-ortho nitro benzene ring substituents is 1. The minimum Gasteiger partial charge on any atom is -0.504 e. The Morgan fingerprint density at radius 1 is 0.886 bits per heavy atom. The number of aromatic nitrogens is 2. The zero-order chi connectivity index (χ0) is 24.8. The van der Waals surface area contributed by atoms with Crippen LogP contribution in [0, 0.1) is 10.1 Å². The van der Waals surface area contributed by atoms with Crippen LogP contribution in [-0.4, -0.2) is 34.0 Å². The maximum atomic E-state index is 11.0. The Morgan fingerprint density at radius 2 is 1.63 bits per heavy atom. The van der Waals surface area contributed by atoms with E-state index in [1.54, 1.807) is 42.1 Å². The zero-order valence-corrected chi connectivity index (χ0v) is 19.2. The quantitative estimate of drug-likeness (QED) is 0.257. The lowest BCUT2D eigenvalue weighted by atomic mass is 10.1. The third-order valence-corrected chi connectivity index (χ3v) is 5.25. The van der Waals surface area contributed by atoms with Gasteiger partial charge in [-0.25, -0.2) is 4.68 Å². The maximum absolute atomic E-state index is 11.0. The first kappa shape index (κ1) is 23.3. The molecule has 4 rings (SSSR count). The van der Waals surface area contributed by atoms with Gasteiger partial charge in [-0.15, -0.1) is 0 Å². The molecule has 4 aromatic rings. The Morgan fingerprint density at radius 3 is 2.34 bits per heavy atom. The van der Waals surface area contributed by atoms with Gasteiger partial charge < -0.3 is 14.6 Å². The lowest BCUT2D eigenvalue weighted by molar-refractivity contribution is -0.384. The number of ether oxygens (including phenoxy) is 2. The van der Waals surface area contributed by atoms with E-state index in [0.29, 0.717) is 17.1 Å². The SMILES string of the molecule is COc1cccc(/C=C/c2cc(/C=C/c3ccc(O)c(OC)c3)n(-c3ccc([N+](=O)[O-])cc3)n2)c1. The summed E-state index contributed by atoms with van der Waals surface area (Å²) >= 11 is 0. The van der Waals surface area contributed by atoms with Gasteiger partial charge in [-0.3, -0.25) is 10.1 Å². The molecule has 1 N–H and O–H groups in total. The van der Waals surface area contributed by atoms with Crippen molar-refractivity contribution in [3.63, 3.8) is 0 Å². The van der Waals surface area contributed by atoms with Crippen LogP contribution in [0.1, 0.15) is 22.5 Å². The largest absolute Gasteiger partial charge is 0.504 e. The molecule has 0 fully saturated rings.